The van der Waals surface area contributed by atoms with Crippen molar-refractivity contribution in [2.75, 3.05) is 5.32 Å². The Bertz CT molecular complexity index is 1350. The van der Waals surface area contributed by atoms with Crippen molar-refractivity contribution in [3.63, 3.8) is 0 Å². The average molecular weight is 429 g/mol. The van der Waals surface area contributed by atoms with Gasteiger partial charge in [-0.3, -0.25) is 14.4 Å². The summed E-state index contributed by atoms with van der Waals surface area (Å²) < 4.78 is 5.61. The average Bonchev–Trinajstić information content (AvgIpc) is 2.79. The molecule has 0 atom stereocenters. The predicted molar refractivity (Wildman–Crippen MR) is 119 cm³/mol. The fourth-order valence-corrected chi connectivity index (χ4v) is 3.06. The highest BCUT2D eigenvalue weighted by molar-refractivity contribution is 5.93. The Kier molecular flexibility index (Phi) is 5.89. The first-order chi connectivity index (χ1) is 15.5. The van der Waals surface area contributed by atoms with E-state index >= 15 is 0 Å². The van der Waals surface area contributed by atoms with E-state index in [2.05, 4.69) is 20.3 Å². The summed E-state index contributed by atoms with van der Waals surface area (Å²) >= 11 is 0. The van der Waals surface area contributed by atoms with Crippen LogP contribution in [0.3, 0.4) is 0 Å². The second-order valence-electron chi connectivity index (χ2n) is 6.96. The van der Waals surface area contributed by atoms with E-state index < -0.39 is 5.91 Å². The Morgan fingerprint density at radius 2 is 1.91 bits per heavy atom. The van der Waals surface area contributed by atoms with Crippen molar-refractivity contribution in [3.05, 3.63) is 88.6 Å². The van der Waals surface area contributed by atoms with E-state index in [4.69, 9.17) is 10.5 Å². The van der Waals surface area contributed by atoms with Crippen LogP contribution in [0.15, 0.2) is 71.7 Å². The molecular formula is C23H19N5O4. The quantitative estimate of drug-likeness (QED) is 0.413. The number of anilines is 1. The molecule has 4 N–H and O–H groups in total. The Labute approximate surface area is 182 Å². The van der Waals surface area contributed by atoms with Crippen molar-refractivity contribution in [2.45, 2.75) is 12.8 Å². The van der Waals surface area contributed by atoms with Crippen LogP contribution >= 0.6 is 0 Å². The van der Waals surface area contributed by atoms with Gasteiger partial charge in [-0.05, 0) is 36.4 Å². The summed E-state index contributed by atoms with van der Waals surface area (Å²) in [5.41, 5.74) is 6.45. The SMILES string of the molecule is NC(=O)c1cccc(Oc2ccc(NC(=O)CCc3nc4ccccc4c(=O)[nH]3)cn2)c1. The number of pyridine rings is 1. The van der Waals surface area contributed by atoms with Gasteiger partial charge in [0.25, 0.3) is 5.56 Å². The number of aromatic nitrogens is 3. The Morgan fingerprint density at radius 3 is 2.69 bits per heavy atom. The van der Waals surface area contributed by atoms with Gasteiger partial charge in [0.05, 0.1) is 22.8 Å². The fraction of sp³-hybridized carbons (Fsp3) is 0.0870. The normalized spacial score (nSPS) is 10.6. The lowest BCUT2D eigenvalue weighted by Gasteiger charge is -2.08. The van der Waals surface area contributed by atoms with Gasteiger partial charge >= 0.3 is 0 Å². The van der Waals surface area contributed by atoms with E-state index in [0.717, 1.165) is 0 Å². The van der Waals surface area contributed by atoms with E-state index in [1.165, 1.54) is 12.3 Å². The molecule has 0 aliphatic rings. The molecule has 2 heterocycles. The van der Waals surface area contributed by atoms with Gasteiger partial charge in [-0.2, -0.15) is 0 Å². The zero-order chi connectivity index (χ0) is 22.5. The lowest BCUT2D eigenvalue weighted by Crippen LogP contribution is -2.16. The van der Waals surface area contributed by atoms with Crippen molar-refractivity contribution in [1.82, 2.24) is 15.0 Å². The van der Waals surface area contributed by atoms with Crippen molar-refractivity contribution >= 4 is 28.4 Å². The van der Waals surface area contributed by atoms with Crippen molar-refractivity contribution in [2.24, 2.45) is 5.73 Å². The second kappa shape index (κ2) is 9.09. The number of nitrogens with one attached hydrogen (secondary N) is 2. The highest BCUT2D eigenvalue weighted by Gasteiger charge is 2.08. The standard InChI is InChI=1S/C23H19N5O4/c24-22(30)14-4-3-5-16(12-14)32-21-11-8-15(13-25-21)26-20(29)10-9-19-27-18-7-2-1-6-17(18)23(31)28-19/h1-8,11-13H,9-10H2,(H2,24,30)(H,26,29)(H,27,28,31). The van der Waals surface area contributed by atoms with E-state index in [1.807, 2.05) is 0 Å². The van der Waals surface area contributed by atoms with Crippen LogP contribution in [0.2, 0.25) is 0 Å². The third-order valence-electron chi connectivity index (χ3n) is 4.61. The van der Waals surface area contributed by atoms with Crippen LogP contribution in [0.25, 0.3) is 10.9 Å². The molecule has 4 aromatic rings. The molecule has 0 saturated carbocycles. The number of aryl methyl sites for hydroxylation is 1. The second-order valence-corrected chi connectivity index (χ2v) is 6.96. The maximum absolute atomic E-state index is 12.3. The minimum Gasteiger partial charge on any atom is -0.439 e. The van der Waals surface area contributed by atoms with Crippen molar-refractivity contribution in [3.8, 4) is 11.6 Å². The number of ether oxygens (including phenoxy) is 1. The molecule has 0 bridgehead atoms. The molecule has 0 fully saturated rings. The van der Waals surface area contributed by atoms with E-state index in [-0.39, 0.29) is 24.3 Å². The lowest BCUT2D eigenvalue weighted by molar-refractivity contribution is -0.116. The minimum atomic E-state index is -0.551. The summed E-state index contributed by atoms with van der Waals surface area (Å²) in [6, 6.07) is 16.7. The van der Waals surface area contributed by atoms with Gasteiger partial charge in [-0.1, -0.05) is 18.2 Å². The molecule has 160 valence electrons. The number of nitrogens with zero attached hydrogens (tertiary/aromatic N) is 2. The first kappa shape index (κ1) is 20.7. The molecule has 0 unspecified atom stereocenters. The van der Waals surface area contributed by atoms with Crippen LogP contribution in [0.4, 0.5) is 5.69 Å². The van der Waals surface area contributed by atoms with Gasteiger partial charge in [-0.25, -0.2) is 9.97 Å². The van der Waals surface area contributed by atoms with Crippen molar-refractivity contribution < 1.29 is 14.3 Å². The summed E-state index contributed by atoms with van der Waals surface area (Å²) in [4.78, 5) is 46.9. The number of carbonyl (C=O) groups excluding carboxylic acids is 2. The third-order valence-corrected chi connectivity index (χ3v) is 4.61. The molecule has 4 rings (SSSR count). The van der Waals surface area contributed by atoms with E-state index in [1.54, 1.807) is 54.6 Å². The molecular weight excluding hydrogens is 410 g/mol. The number of para-hydroxylation sites is 1. The van der Waals surface area contributed by atoms with Crippen LogP contribution in [-0.2, 0) is 11.2 Å². The summed E-state index contributed by atoms with van der Waals surface area (Å²) in [6.45, 7) is 0. The summed E-state index contributed by atoms with van der Waals surface area (Å²) in [5, 5.41) is 3.25. The van der Waals surface area contributed by atoms with Crippen LogP contribution in [-0.4, -0.2) is 26.8 Å². The maximum Gasteiger partial charge on any atom is 0.258 e. The highest BCUT2D eigenvalue weighted by atomic mass is 16.5. The molecule has 32 heavy (non-hydrogen) atoms. The lowest BCUT2D eigenvalue weighted by atomic mass is 10.2. The summed E-state index contributed by atoms with van der Waals surface area (Å²) in [7, 11) is 0. The number of amides is 2. The topological polar surface area (TPSA) is 140 Å². The molecule has 0 radical (unpaired) electrons. The molecule has 2 amide bonds. The first-order valence-electron chi connectivity index (χ1n) is 9.79. The van der Waals surface area contributed by atoms with Gasteiger partial charge in [0.15, 0.2) is 0 Å². The molecule has 0 aliphatic carbocycles. The predicted octanol–water partition coefficient (Wildman–Crippen LogP) is 2.78. The zero-order valence-electron chi connectivity index (χ0n) is 16.9. The molecule has 0 saturated heterocycles. The van der Waals surface area contributed by atoms with Gasteiger partial charge < -0.3 is 20.8 Å². The molecule has 9 heteroatoms. The molecule has 0 spiro atoms. The highest BCUT2D eigenvalue weighted by Crippen LogP contribution is 2.21. The van der Waals surface area contributed by atoms with Gasteiger partial charge in [0, 0.05) is 24.5 Å². The van der Waals surface area contributed by atoms with Gasteiger partial charge in [0.1, 0.15) is 11.6 Å². The number of primary amides is 1. The molecule has 9 nitrogen and oxygen atoms in total. The number of carbonyl (C=O) groups is 2. The molecule has 0 aliphatic heterocycles. The van der Waals surface area contributed by atoms with E-state index in [9.17, 15) is 14.4 Å². The largest absolute Gasteiger partial charge is 0.439 e. The maximum atomic E-state index is 12.3. The fourth-order valence-electron chi connectivity index (χ4n) is 3.06. The number of rotatable bonds is 7. The Balaban J connectivity index is 1.34. The van der Waals surface area contributed by atoms with Crippen LogP contribution in [0, 0.1) is 0 Å². The number of fused-ring (bicyclic) bond motifs is 1. The third kappa shape index (κ3) is 4.96. The van der Waals surface area contributed by atoms with Crippen LogP contribution in [0.1, 0.15) is 22.6 Å². The van der Waals surface area contributed by atoms with Gasteiger partial charge in [0.2, 0.25) is 17.7 Å². The summed E-state index contributed by atoms with van der Waals surface area (Å²) in [5.74, 6) is 0.365. The Hall–Kier alpha value is -4.53. The number of hydrogen-bond acceptors (Lipinski definition) is 6. The minimum absolute atomic E-state index is 0.138. The van der Waals surface area contributed by atoms with Crippen LogP contribution in [0.5, 0.6) is 11.6 Å². The number of nitrogens with two attached hydrogens (primary N) is 1. The smallest absolute Gasteiger partial charge is 0.258 e. The number of H-pyrrole nitrogens is 1. The first-order valence-corrected chi connectivity index (χ1v) is 9.79. The zero-order valence-corrected chi connectivity index (χ0v) is 16.9. The van der Waals surface area contributed by atoms with Crippen LogP contribution < -0.4 is 21.3 Å². The van der Waals surface area contributed by atoms with Gasteiger partial charge in [-0.15, -0.1) is 0 Å². The molecule has 2 aromatic carbocycles. The number of hydrogen-bond donors (Lipinski definition) is 3. The molecule has 2 aromatic heterocycles. The van der Waals surface area contributed by atoms with Crippen molar-refractivity contribution in [1.29, 1.82) is 0 Å². The number of benzene rings is 2. The number of aromatic amines is 1. The monoisotopic (exact) mass is 429 g/mol. The summed E-state index contributed by atoms with van der Waals surface area (Å²) in [6.07, 6.45) is 1.89. The Morgan fingerprint density at radius 1 is 1.06 bits per heavy atom. The van der Waals surface area contributed by atoms with E-state index in [0.29, 0.717) is 39.6 Å².